The van der Waals surface area contributed by atoms with Crippen molar-refractivity contribution in [2.45, 2.75) is 65.7 Å². The summed E-state index contributed by atoms with van der Waals surface area (Å²) in [6.07, 6.45) is 6.60. The van der Waals surface area contributed by atoms with Crippen LogP contribution in [0, 0.1) is 6.92 Å². The SMILES string of the molecule is CCC1=Cc2cc(C(C)(C)C)cc(-c3c(C)c(C(N)=O)cc4c3CC4)c2C1. The van der Waals surface area contributed by atoms with Crippen LogP contribution in [0.4, 0.5) is 0 Å². The minimum atomic E-state index is -0.320. The minimum Gasteiger partial charge on any atom is -0.366 e. The molecule has 0 heterocycles. The number of amides is 1. The molecule has 1 amide bonds. The lowest BCUT2D eigenvalue weighted by Gasteiger charge is -2.29. The number of nitrogens with two attached hydrogens (primary N) is 1. The summed E-state index contributed by atoms with van der Waals surface area (Å²) in [5, 5.41) is 0. The molecule has 0 spiro atoms. The predicted molar refractivity (Wildman–Crippen MR) is 113 cm³/mol. The highest BCUT2D eigenvalue weighted by Gasteiger charge is 2.28. The molecule has 0 aliphatic heterocycles. The summed E-state index contributed by atoms with van der Waals surface area (Å²) in [7, 11) is 0. The van der Waals surface area contributed by atoms with Gasteiger partial charge in [0, 0.05) is 5.56 Å². The Bertz CT molecular complexity index is 1000. The van der Waals surface area contributed by atoms with E-state index in [1.165, 1.54) is 44.5 Å². The summed E-state index contributed by atoms with van der Waals surface area (Å²) in [4.78, 5) is 12.1. The summed E-state index contributed by atoms with van der Waals surface area (Å²) in [6.45, 7) is 11.1. The first-order valence-corrected chi connectivity index (χ1v) is 10.0. The molecule has 0 radical (unpaired) electrons. The van der Waals surface area contributed by atoms with Crippen molar-refractivity contribution in [1.29, 1.82) is 0 Å². The lowest BCUT2D eigenvalue weighted by molar-refractivity contribution is 0.0999. The van der Waals surface area contributed by atoms with Crippen LogP contribution in [0.3, 0.4) is 0 Å². The molecule has 4 rings (SSSR count). The maximum absolute atomic E-state index is 12.1. The largest absolute Gasteiger partial charge is 0.366 e. The predicted octanol–water partition coefficient (Wildman–Crippen LogP) is 5.51. The monoisotopic (exact) mass is 359 g/mol. The first kappa shape index (κ1) is 18.0. The van der Waals surface area contributed by atoms with E-state index in [1.54, 1.807) is 0 Å². The average Bonchev–Trinajstić information content (AvgIpc) is 2.99. The molecule has 2 aliphatic rings. The van der Waals surface area contributed by atoms with Crippen LogP contribution in [0.25, 0.3) is 17.2 Å². The number of rotatable bonds is 3. The van der Waals surface area contributed by atoms with Crippen molar-refractivity contribution < 1.29 is 4.79 Å². The van der Waals surface area contributed by atoms with Crippen molar-refractivity contribution >= 4 is 12.0 Å². The van der Waals surface area contributed by atoms with E-state index in [9.17, 15) is 4.79 Å². The fourth-order valence-electron chi connectivity index (χ4n) is 4.50. The van der Waals surface area contributed by atoms with Crippen LogP contribution >= 0.6 is 0 Å². The normalized spacial score (nSPS) is 15.1. The average molecular weight is 360 g/mol. The molecule has 2 N–H and O–H groups in total. The Morgan fingerprint density at radius 1 is 1.11 bits per heavy atom. The Hall–Kier alpha value is -2.35. The van der Waals surface area contributed by atoms with E-state index in [0.717, 1.165) is 31.2 Å². The highest BCUT2D eigenvalue weighted by Crippen LogP contribution is 2.44. The van der Waals surface area contributed by atoms with Crippen molar-refractivity contribution in [1.82, 2.24) is 0 Å². The Morgan fingerprint density at radius 2 is 1.85 bits per heavy atom. The summed E-state index contributed by atoms with van der Waals surface area (Å²) in [5.74, 6) is -0.320. The van der Waals surface area contributed by atoms with Gasteiger partial charge in [0.2, 0.25) is 5.91 Å². The van der Waals surface area contributed by atoms with Gasteiger partial charge in [-0.15, -0.1) is 0 Å². The van der Waals surface area contributed by atoms with Gasteiger partial charge in [0.25, 0.3) is 0 Å². The van der Waals surface area contributed by atoms with Crippen LogP contribution < -0.4 is 5.73 Å². The van der Waals surface area contributed by atoms with Crippen LogP contribution in [0.15, 0.2) is 23.8 Å². The molecule has 0 unspecified atom stereocenters. The van der Waals surface area contributed by atoms with Gasteiger partial charge in [-0.25, -0.2) is 0 Å². The molecular weight excluding hydrogens is 330 g/mol. The maximum atomic E-state index is 12.1. The van der Waals surface area contributed by atoms with Crippen molar-refractivity contribution in [3.63, 3.8) is 0 Å². The molecule has 0 fully saturated rings. The van der Waals surface area contributed by atoms with Crippen LogP contribution in [-0.2, 0) is 24.7 Å². The van der Waals surface area contributed by atoms with E-state index in [-0.39, 0.29) is 11.3 Å². The third-order valence-corrected chi connectivity index (χ3v) is 6.33. The van der Waals surface area contributed by atoms with Gasteiger partial charge in [-0.2, -0.15) is 0 Å². The molecule has 0 aromatic heterocycles. The zero-order valence-electron chi connectivity index (χ0n) is 17.1. The van der Waals surface area contributed by atoms with Crippen LogP contribution in [0.2, 0.25) is 0 Å². The lowest BCUT2D eigenvalue weighted by Crippen LogP contribution is -2.20. The third kappa shape index (κ3) is 2.82. The highest BCUT2D eigenvalue weighted by molar-refractivity contribution is 5.98. The van der Waals surface area contributed by atoms with E-state index in [0.29, 0.717) is 5.56 Å². The zero-order valence-corrected chi connectivity index (χ0v) is 17.1. The summed E-state index contributed by atoms with van der Waals surface area (Å²) >= 11 is 0. The van der Waals surface area contributed by atoms with E-state index in [1.807, 2.05) is 6.07 Å². The first-order chi connectivity index (χ1) is 12.7. The van der Waals surface area contributed by atoms with Gasteiger partial charge in [0.05, 0.1) is 0 Å². The molecule has 2 aromatic carbocycles. The molecule has 0 atom stereocenters. The Balaban J connectivity index is 2.02. The fraction of sp³-hybridized carbons (Fsp3) is 0.400. The highest BCUT2D eigenvalue weighted by atomic mass is 16.1. The van der Waals surface area contributed by atoms with Crippen molar-refractivity contribution in [3.05, 3.63) is 62.7 Å². The molecule has 140 valence electrons. The molecule has 0 saturated carbocycles. The van der Waals surface area contributed by atoms with Crippen molar-refractivity contribution in [2.24, 2.45) is 5.73 Å². The van der Waals surface area contributed by atoms with Crippen LogP contribution in [-0.4, -0.2) is 5.91 Å². The number of benzene rings is 2. The van der Waals surface area contributed by atoms with Gasteiger partial charge in [-0.05, 0) is 88.6 Å². The second-order valence-electron chi connectivity index (χ2n) is 9.10. The smallest absolute Gasteiger partial charge is 0.248 e. The summed E-state index contributed by atoms with van der Waals surface area (Å²) < 4.78 is 0. The van der Waals surface area contributed by atoms with Gasteiger partial charge in [-0.3, -0.25) is 4.79 Å². The molecule has 2 aromatic rings. The lowest BCUT2D eigenvalue weighted by atomic mass is 9.75. The number of hydrogen-bond donors (Lipinski definition) is 1. The van der Waals surface area contributed by atoms with Crippen LogP contribution in [0.1, 0.15) is 77.9 Å². The number of carbonyl (C=O) groups excluding carboxylic acids is 1. The minimum absolute atomic E-state index is 0.0783. The first-order valence-electron chi connectivity index (χ1n) is 10.0. The molecule has 2 aliphatic carbocycles. The summed E-state index contributed by atoms with van der Waals surface area (Å²) in [5.41, 5.74) is 18.4. The molecular formula is C25H29NO. The van der Waals surface area contributed by atoms with Gasteiger partial charge in [-0.1, -0.05) is 51.5 Å². The number of primary amides is 1. The van der Waals surface area contributed by atoms with Crippen molar-refractivity contribution in [2.75, 3.05) is 0 Å². The standard InChI is InChI=1S/C25H29NO/c1-6-15-9-17-11-18(25(3,4)5)13-22(21(17)10-15)23-14(2)20(24(26)27)12-16-7-8-19(16)23/h9,11-13H,6-8,10H2,1-5H3,(H2,26,27). The number of hydrogen-bond acceptors (Lipinski definition) is 1. The van der Waals surface area contributed by atoms with Gasteiger partial charge in [0.1, 0.15) is 0 Å². The van der Waals surface area contributed by atoms with E-state index in [2.05, 4.69) is 52.8 Å². The maximum Gasteiger partial charge on any atom is 0.248 e. The second kappa shape index (κ2) is 6.09. The number of carbonyl (C=O) groups is 1. The molecule has 0 bridgehead atoms. The molecule has 2 nitrogen and oxygen atoms in total. The fourth-order valence-corrected chi connectivity index (χ4v) is 4.50. The Labute approximate surface area is 162 Å². The van der Waals surface area contributed by atoms with E-state index < -0.39 is 0 Å². The number of fused-ring (bicyclic) bond motifs is 2. The van der Waals surface area contributed by atoms with Gasteiger partial charge in [0.15, 0.2) is 0 Å². The van der Waals surface area contributed by atoms with Gasteiger partial charge >= 0.3 is 0 Å². The third-order valence-electron chi connectivity index (χ3n) is 6.33. The summed E-state index contributed by atoms with van der Waals surface area (Å²) in [6, 6.07) is 6.75. The van der Waals surface area contributed by atoms with Gasteiger partial charge < -0.3 is 5.73 Å². The van der Waals surface area contributed by atoms with E-state index >= 15 is 0 Å². The van der Waals surface area contributed by atoms with E-state index in [4.69, 9.17) is 5.73 Å². The Morgan fingerprint density at radius 3 is 2.41 bits per heavy atom. The second-order valence-corrected chi connectivity index (χ2v) is 9.10. The number of allylic oxidation sites excluding steroid dienone is 1. The Kier molecular flexibility index (Phi) is 4.06. The zero-order chi connectivity index (χ0) is 19.5. The molecule has 0 saturated heterocycles. The van der Waals surface area contributed by atoms with Crippen LogP contribution in [0.5, 0.6) is 0 Å². The quantitative estimate of drug-likeness (QED) is 0.772. The number of aryl methyl sites for hydroxylation is 1. The topological polar surface area (TPSA) is 43.1 Å². The molecule has 2 heteroatoms. The molecule has 27 heavy (non-hydrogen) atoms. The van der Waals surface area contributed by atoms with Crippen molar-refractivity contribution in [3.8, 4) is 11.1 Å².